The maximum absolute atomic E-state index is 11.8. The van der Waals surface area contributed by atoms with Crippen LogP contribution in [0.5, 0.6) is 0 Å². The van der Waals surface area contributed by atoms with E-state index in [9.17, 15) is 8.42 Å². The quantitative estimate of drug-likeness (QED) is 0.756. The van der Waals surface area contributed by atoms with Crippen molar-refractivity contribution >= 4 is 10.0 Å². The van der Waals surface area contributed by atoms with Gasteiger partial charge in [-0.05, 0) is 12.1 Å². The number of benzene rings is 1. The summed E-state index contributed by atoms with van der Waals surface area (Å²) < 4.78 is 24.9. The van der Waals surface area contributed by atoms with Gasteiger partial charge in [-0.15, -0.1) is 0 Å². The van der Waals surface area contributed by atoms with Gasteiger partial charge in [0, 0.05) is 12.1 Å². The molecule has 1 aromatic carbocycles. The van der Waals surface area contributed by atoms with Crippen LogP contribution in [0.15, 0.2) is 65.8 Å². The molecule has 0 bridgehead atoms. The fourth-order valence-corrected chi connectivity index (χ4v) is 2.16. The van der Waals surface area contributed by atoms with Crippen LogP contribution in [0.3, 0.4) is 0 Å². The minimum absolute atomic E-state index is 0.186. The van der Waals surface area contributed by atoms with E-state index in [0.29, 0.717) is 0 Å². The van der Waals surface area contributed by atoms with Gasteiger partial charge < -0.3 is 4.83 Å². The van der Waals surface area contributed by atoms with Crippen molar-refractivity contribution in [3.8, 4) is 0 Å². The van der Waals surface area contributed by atoms with E-state index in [4.69, 9.17) is 0 Å². The molecule has 82 valence electrons. The Morgan fingerprint density at radius 2 is 1.44 bits per heavy atom. The van der Waals surface area contributed by atoms with Gasteiger partial charge in [-0.3, -0.25) is 0 Å². The van der Waals surface area contributed by atoms with Crippen molar-refractivity contribution in [2.75, 3.05) is 0 Å². The number of nitrogens with zero attached hydrogens (tertiary/aromatic N) is 2. The molecule has 0 fully saturated rings. The molecule has 2 aromatic rings. The summed E-state index contributed by atoms with van der Waals surface area (Å²) in [5.74, 6) is 0. The Morgan fingerprint density at radius 1 is 0.875 bits per heavy atom. The van der Waals surface area contributed by atoms with Crippen LogP contribution in [0, 0.1) is 0 Å². The third-order valence-electron chi connectivity index (χ3n) is 1.94. The molecule has 0 saturated heterocycles. The van der Waals surface area contributed by atoms with Crippen LogP contribution >= 0.6 is 0 Å². The lowest BCUT2D eigenvalue weighted by molar-refractivity contribution is -0.614. The Hall–Kier alpha value is -1.88. The fraction of sp³-hybridized carbons (Fsp3) is 0. The normalized spacial score (nSPS) is 11.0. The van der Waals surface area contributed by atoms with E-state index in [1.54, 1.807) is 48.8 Å². The first-order valence-corrected chi connectivity index (χ1v) is 6.12. The van der Waals surface area contributed by atoms with Gasteiger partial charge in [0.05, 0.1) is 4.90 Å². The maximum Gasteiger partial charge on any atom is 0.168 e. The van der Waals surface area contributed by atoms with Crippen molar-refractivity contribution in [1.82, 2.24) is 0 Å². The van der Waals surface area contributed by atoms with Gasteiger partial charge in [0.25, 0.3) is 0 Å². The third kappa shape index (κ3) is 2.38. The second kappa shape index (κ2) is 4.32. The number of hydrogen-bond donors (Lipinski definition) is 0. The predicted molar refractivity (Wildman–Crippen MR) is 59.0 cm³/mol. The zero-order chi connectivity index (χ0) is 11.4. The molecule has 0 aliphatic rings. The van der Waals surface area contributed by atoms with Crippen LogP contribution in [-0.2, 0) is 10.0 Å². The van der Waals surface area contributed by atoms with Crippen molar-refractivity contribution in [3.63, 3.8) is 0 Å². The summed E-state index contributed by atoms with van der Waals surface area (Å²) in [6, 6.07) is 13.3. The smallest absolute Gasteiger partial charge is 0.168 e. The summed E-state index contributed by atoms with van der Waals surface area (Å²) in [6.45, 7) is 0. The van der Waals surface area contributed by atoms with E-state index >= 15 is 0 Å². The Labute approximate surface area is 94.2 Å². The molecule has 0 N–H and O–H groups in total. The first-order chi connectivity index (χ1) is 7.68. The molecule has 16 heavy (non-hydrogen) atoms. The summed E-state index contributed by atoms with van der Waals surface area (Å²) in [4.78, 5) is 3.84. The average Bonchev–Trinajstić information content (AvgIpc) is 2.31. The van der Waals surface area contributed by atoms with Crippen molar-refractivity contribution in [2.45, 2.75) is 4.90 Å². The molecule has 0 aliphatic carbocycles. The van der Waals surface area contributed by atoms with Gasteiger partial charge in [0.2, 0.25) is 0 Å². The first kappa shape index (κ1) is 10.6. The van der Waals surface area contributed by atoms with Crippen LogP contribution in [0.2, 0.25) is 0 Å². The van der Waals surface area contributed by atoms with Gasteiger partial charge in [-0.25, -0.2) is 13.1 Å². The number of hydrogen-bond acceptors (Lipinski definition) is 2. The Bertz CT molecular complexity index is 553. The summed E-state index contributed by atoms with van der Waals surface area (Å²) in [5, 5.41) is 0. The molecule has 0 atom stereocenters. The third-order valence-corrected chi connectivity index (χ3v) is 3.21. The van der Waals surface area contributed by atoms with Gasteiger partial charge in [-0.1, -0.05) is 24.3 Å². The predicted octanol–water partition coefficient (Wildman–Crippen LogP) is 1.50. The number of sulfonamides is 1. The Balaban J connectivity index is 2.29. The van der Waals surface area contributed by atoms with Crippen LogP contribution in [0.4, 0.5) is 0 Å². The summed E-state index contributed by atoms with van der Waals surface area (Å²) in [6.07, 6.45) is 3.14. The standard InChI is InChI=1S/C11H10N2O2S/c14-16(15,11-7-3-1-4-8-11)12-13-9-5-2-6-10-13/h1-10H. The molecule has 0 amide bonds. The van der Waals surface area contributed by atoms with Crippen LogP contribution in [-0.4, -0.2) is 8.42 Å². The number of pyridine rings is 1. The van der Waals surface area contributed by atoms with E-state index < -0.39 is 10.0 Å². The highest BCUT2D eigenvalue weighted by atomic mass is 32.2. The molecule has 0 unspecified atom stereocenters. The Morgan fingerprint density at radius 3 is 2.06 bits per heavy atom. The SMILES string of the molecule is O=S(=O)([N-][n+]1ccccc1)c1ccccc1. The average molecular weight is 234 g/mol. The molecule has 5 heteroatoms. The van der Waals surface area contributed by atoms with Crippen LogP contribution in [0.25, 0.3) is 4.83 Å². The highest BCUT2D eigenvalue weighted by molar-refractivity contribution is 7.93. The van der Waals surface area contributed by atoms with Gasteiger partial charge >= 0.3 is 0 Å². The molecule has 0 radical (unpaired) electrons. The highest BCUT2D eigenvalue weighted by Crippen LogP contribution is 2.13. The number of aromatic nitrogens is 1. The van der Waals surface area contributed by atoms with E-state index in [2.05, 4.69) is 4.83 Å². The molecular formula is C11H10N2O2S. The second-order valence-corrected chi connectivity index (χ2v) is 4.71. The lowest BCUT2D eigenvalue weighted by Crippen LogP contribution is -2.30. The monoisotopic (exact) mass is 234 g/mol. The van der Waals surface area contributed by atoms with E-state index in [1.807, 2.05) is 0 Å². The van der Waals surface area contributed by atoms with Gasteiger partial charge in [0.1, 0.15) is 0 Å². The summed E-state index contributed by atoms with van der Waals surface area (Å²) >= 11 is 0. The van der Waals surface area contributed by atoms with Crippen molar-refractivity contribution in [1.29, 1.82) is 0 Å². The molecule has 1 aromatic heterocycles. The van der Waals surface area contributed by atoms with Gasteiger partial charge in [0.15, 0.2) is 22.4 Å². The van der Waals surface area contributed by atoms with E-state index in [0.717, 1.165) is 0 Å². The first-order valence-electron chi connectivity index (χ1n) is 4.68. The molecule has 4 nitrogen and oxygen atoms in total. The number of rotatable bonds is 3. The zero-order valence-electron chi connectivity index (χ0n) is 8.39. The topological polar surface area (TPSA) is 52.1 Å². The molecule has 0 spiro atoms. The van der Waals surface area contributed by atoms with Crippen molar-refractivity contribution < 1.29 is 13.1 Å². The van der Waals surface area contributed by atoms with Crippen LogP contribution < -0.4 is 4.68 Å². The summed E-state index contributed by atoms with van der Waals surface area (Å²) in [5.41, 5.74) is 0. The molecule has 2 rings (SSSR count). The van der Waals surface area contributed by atoms with Crippen molar-refractivity contribution in [2.24, 2.45) is 0 Å². The lowest BCUT2D eigenvalue weighted by atomic mass is 10.4. The summed E-state index contributed by atoms with van der Waals surface area (Å²) in [7, 11) is -3.63. The minimum atomic E-state index is -3.63. The lowest BCUT2D eigenvalue weighted by Gasteiger charge is -2.13. The molecular weight excluding hydrogens is 224 g/mol. The minimum Gasteiger partial charge on any atom is -0.318 e. The molecule has 0 aliphatic heterocycles. The maximum atomic E-state index is 11.8. The fourth-order valence-electron chi connectivity index (χ4n) is 1.21. The van der Waals surface area contributed by atoms with Gasteiger partial charge in [-0.2, -0.15) is 0 Å². The van der Waals surface area contributed by atoms with Crippen molar-refractivity contribution in [3.05, 3.63) is 65.8 Å². The largest absolute Gasteiger partial charge is 0.318 e. The second-order valence-electron chi connectivity index (χ2n) is 3.13. The molecule has 0 saturated carbocycles. The van der Waals surface area contributed by atoms with E-state index in [1.165, 1.54) is 16.8 Å². The van der Waals surface area contributed by atoms with Crippen LogP contribution in [0.1, 0.15) is 0 Å². The Kier molecular flexibility index (Phi) is 2.87. The zero-order valence-corrected chi connectivity index (χ0v) is 9.21. The molecule has 1 heterocycles. The van der Waals surface area contributed by atoms with E-state index in [-0.39, 0.29) is 4.90 Å². The highest BCUT2D eigenvalue weighted by Gasteiger charge is 2.06.